The summed E-state index contributed by atoms with van der Waals surface area (Å²) >= 11 is 0. The summed E-state index contributed by atoms with van der Waals surface area (Å²) in [6.45, 7) is 2.08. The highest BCUT2D eigenvalue weighted by atomic mass is 16.5. The molecular weight excluding hydrogens is 340 g/mol. The Morgan fingerprint density at radius 1 is 1.22 bits per heavy atom. The molecule has 1 aliphatic carbocycles. The SMILES string of the molecule is CN=C(NCc1ccc(OCC2CC2)nc1)NCC(CO)c1ccccc1. The summed E-state index contributed by atoms with van der Waals surface area (Å²) in [5.74, 6) is 2.12. The Hall–Kier alpha value is -2.60. The Labute approximate surface area is 160 Å². The quantitative estimate of drug-likeness (QED) is 0.468. The van der Waals surface area contributed by atoms with Gasteiger partial charge in [-0.05, 0) is 29.9 Å². The average molecular weight is 368 g/mol. The number of rotatable bonds is 9. The molecule has 1 fully saturated rings. The van der Waals surface area contributed by atoms with Crippen LogP contribution in [0.2, 0.25) is 0 Å². The van der Waals surface area contributed by atoms with Crippen molar-refractivity contribution in [1.29, 1.82) is 0 Å². The monoisotopic (exact) mass is 368 g/mol. The van der Waals surface area contributed by atoms with Gasteiger partial charge in [0, 0.05) is 38.3 Å². The minimum absolute atomic E-state index is 0.0225. The van der Waals surface area contributed by atoms with E-state index in [1.807, 2.05) is 48.7 Å². The number of aliphatic hydroxyl groups is 1. The third-order valence-corrected chi connectivity index (χ3v) is 4.65. The van der Waals surface area contributed by atoms with Crippen LogP contribution in [0.1, 0.15) is 29.9 Å². The summed E-state index contributed by atoms with van der Waals surface area (Å²) in [6, 6.07) is 13.9. The van der Waals surface area contributed by atoms with Crippen LogP contribution < -0.4 is 15.4 Å². The first-order valence-electron chi connectivity index (χ1n) is 9.46. The first-order valence-corrected chi connectivity index (χ1v) is 9.46. The van der Waals surface area contributed by atoms with Gasteiger partial charge < -0.3 is 20.5 Å². The fraction of sp³-hybridized carbons (Fsp3) is 0.429. The number of benzene rings is 1. The number of hydrogen-bond donors (Lipinski definition) is 3. The molecule has 0 aliphatic heterocycles. The molecule has 1 heterocycles. The van der Waals surface area contributed by atoms with Crippen LogP contribution >= 0.6 is 0 Å². The minimum Gasteiger partial charge on any atom is -0.477 e. The molecule has 0 spiro atoms. The number of nitrogens with one attached hydrogen (secondary N) is 2. The Bertz CT molecular complexity index is 715. The van der Waals surface area contributed by atoms with Gasteiger partial charge in [0.25, 0.3) is 0 Å². The van der Waals surface area contributed by atoms with E-state index in [2.05, 4.69) is 20.6 Å². The summed E-state index contributed by atoms with van der Waals surface area (Å²) in [7, 11) is 1.73. The molecule has 1 saturated carbocycles. The fourth-order valence-electron chi connectivity index (χ4n) is 2.73. The maximum atomic E-state index is 9.66. The van der Waals surface area contributed by atoms with E-state index in [1.54, 1.807) is 7.05 Å². The molecule has 6 nitrogen and oxygen atoms in total. The van der Waals surface area contributed by atoms with Gasteiger partial charge in [-0.25, -0.2) is 4.98 Å². The Morgan fingerprint density at radius 3 is 2.67 bits per heavy atom. The molecule has 0 amide bonds. The van der Waals surface area contributed by atoms with Crippen LogP contribution in [0.15, 0.2) is 53.7 Å². The average Bonchev–Trinajstić information content (AvgIpc) is 3.55. The zero-order valence-corrected chi connectivity index (χ0v) is 15.8. The first kappa shape index (κ1) is 19.2. The summed E-state index contributed by atoms with van der Waals surface area (Å²) in [5, 5.41) is 16.2. The molecular formula is C21H28N4O2. The second-order valence-corrected chi connectivity index (χ2v) is 6.86. The van der Waals surface area contributed by atoms with E-state index in [4.69, 9.17) is 4.74 Å². The van der Waals surface area contributed by atoms with E-state index in [9.17, 15) is 5.11 Å². The lowest BCUT2D eigenvalue weighted by molar-refractivity contribution is 0.265. The number of guanidine groups is 1. The second kappa shape index (κ2) is 9.92. The molecule has 0 bridgehead atoms. The maximum Gasteiger partial charge on any atom is 0.213 e. The topological polar surface area (TPSA) is 78.8 Å². The van der Waals surface area contributed by atoms with Gasteiger partial charge in [0.2, 0.25) is 5.88 Å². The number of aliphatic hydroxyl groups excluding tert-OH is 1. The van der Waals surface area contributed by atoms with Crippen molar-refractivity contribution in [3.05, 3.63) is 59.8 Å². The summed E-state index contributed by atoms with van der Waals surface area (Å²) in [6.07, 6.45) is 4.37. The molecule has 3 N–H and O–H groups in total. The van der Waals surface area contributed by atoms with Crippen molar-refractivity contribution in [3.8, 4) is 5.88 Å². The van der Waals surface area contributed by atoms with Crippen molar-refractivity contribution in [2.24, 2.45) is 10.9 Å². The highest BCUT2D eigenvalue weighted by molar-refractivity contribution is 5.79. The maximum absolute atomic E-state index is 9.66. The molecule has 0 radical (unpaired) electrons. The van der Waals surface area contributed by atoms with E-state index in [-0.39, 0.29) is 12.5 Å². The lowest BCUT2D eigenvalue weighted by atomic mass is 10.0. The third kappa shape index (κ3) is 6.25. The van der Waals surface area contributed by atoms with Crippen molar-refractivity contribution in [1.82, 2.24) is 15.6 Å². The summed E-state index contributed by atoms with van der Waals surface area (Å²) in [5.41, 5.74) is 2.16. The van der Waals surface area contributed by atoms with Gasteiger partial charge in [0.1, 0.15) is 0 Å². The van der Waals surface area contributed by atoms with E-state index in [1.165, 1.54) is 12.8 Å². The van der Waals surface area contributed by atoms with Gasteiger partial charge in [-0.3, -0.25) is 4.99 Å². The Kier molecular flexibility index (Phi) is 7.04. The lowest BCUT2D eigenvalue weighted by Gasteiger charge is -2.18. The predicted molar refractivity (Wildman–Crippen MR) is 107 cm³/mol. The molecule has 27 heavy (non-hydrogen) atoms. The zero-order chi connectivity index (χ0) is 18.9. The van der Waals surface area contributed by atoms with Crippen molar-refractivity contribution in [2.45, 2.75) is 25.3 Å². The van der Waals surface area contributed by atoms with Crippen LogP contribution in [0.5, 0.6) is 5.88 Å². The smallest absolute Gasteiger partial charge is 0.213 e. The van der Waals surface area contributed by atoms with Crippen LogP contribution in [0.4, 0.5) is 0 Å². The molecule has 1 unspecified atom stereocenters. The number of hydrogen-bond acceptors (Lipinski definition) is 4. The summed E-state index contributed by atoms with van der Waals surface area (Å²) in [4.78, 5) is 8.60. The van der Waals surface area contributed by atoms with Crippen molar-refractivity contribution >= 4 is 5.96 Å². The molecule has 6 heteroatoms. The molecule has 1 aromatic carbocycles. The first-order chi connectivity index (χ1) is 13.3. The molecule has 2 aromatic rings. The number of aromatic nitrogens is 1. The van der Waals surface area contributed by atoms with Crippen LogP contribution in [-0.2, 0) is 6.54 Å². The van der Waals surface area contributed by atoms with Gasteiger partial charge in [-0.2, -0.15) is 0 Å². The van der Waals surface area contributed by atoms with Crippen molar-refractivity contribution in [2.75, 3.05) is 26.8 Å². The molecule has 1 aromatic heterocycles. The van der Waals surface area contributed by atoms with Crippen molar-refractivity contribution < 1.29 is 9.84 Å². The van der Waals surface area contributed by atoms with Gasteiger partial charge in [-0.15, -0.1) is 0 Å². The highest BCUT2D eigenvalue weighted by Gasteiger charge is 2.22. The number of ether oxygens (including phenoxy) is 1. The fourth-order valence-corrected chi connectivity index (χ4v) is 2.73. The number of nitrogens with zero attached hydrogens (tertiary/aromatic N) is 2. The number of pyridine rings is 1. The molecule has 1 aliphatic rings. The van der Waals surface area contributed by atoms with Gasteiger partial charge in [-0.1, -0.05) is 36.4 Å². The zero-order valence-electron chi connectivity index (χ0n) is 15.8. The molecule has 3 rings (SSSR count). The van der Waals surface area contributed by atoms with Crippen LogP contribution in [0.3, 0.4) is 0 Å². The predicted octanol–water partition coefficient (Wildman–Crippen LogP) is 2.31. The molecule has 1 atom stereocenters. The van der Waals surface area contributed by atoms with Gasteiger partial charge in [0.05, 0.1) is 13.2 Å². The van der Waals surface area contributed by atoms with E-state index in [0.717, 1.165) is 23.7 Å². The molecule has 0 saturated heterocycles. The largest absolute Gasteiger partial charge is 0.477 e. The third-order valence-electron chi connectivity index (χ3n) is 4.65. The van der Waals surface area contributed by atoms with Crippen LogP contribution in [0.25, 0.3) is 0 Å². The normalized spacial score (nSPS) is 15.3. The number of aliphatic imine (C=N–C) groups is 1. The Balaban J connectivity index is 1.44. The Morgan fingerprint density at radius 2 is 2.04 bits per heavy atom. The van der Waals surface area contributed by atoms with E-state index < -0.39 is 0 Å². The molecule has 144 valence electrons. The van der Waals surface area contributed by atoms with E-state index >= 15 is 0 Å². The lowest BCUT2D eigenvalue weighted by Crippen LogP contribution is -2.39. The minimum atomic E-state index is 0.0225. The second-order valence-electron chi connectivity index (χ2n) is 6.86. The van der Waals surface area contributed by atoms with Crippen LogP contribution in [0, 0.1) is 5.92 Å². The van der Waals surface area contributed by atoms with Gasteiger partial charge >= 0.3 is 0 Å². The van der Waals surface area contributed by atoms with Crippen LogP contribution in [-0.4, -0.2) is 42.9 Å². The van der Waals surface area contributed by atoms with E-state index in [0.29, 0.717) is 24.9 Å². The van der Waals surface area contributed by atoms with Crippen molar-refractivity contribution in [3.63, 3.8) is 0 Å². The van der Waals surface area contributed by atoms with Gasteiger partial charge in [0.15, 0.2) is 5.96 Å². The standard InChI is InChI=1S/C21H28N4O2/c1-22-21(25-13-19(14-26)18-5-3-2-4-6-18)24-12-17-9-10-20(23-11-17)27-15-16-7-8-16/h2-6,9-11,16,19,26H,7-8,12-15H2,1H3,(H2,22,24,25). The summed E-state index contributed by atoms with van der Waals surface area (Å²) < 4.78 is 5.66. The highest BCUT2D eigenvalue weighted by Crippen LogP contribution is 2.29.